The number of nitrogens with zero attached hydrogens (tertiary/aromatic N) is 1. The molecule has 0 spiro atoms. The van der Waals surface area contributed by atoms with E-state index < -0.39 is 17.8 Å². The number of ether oxygens (including phenoxy) is 1. The maximum atomic E-state index is 11.6. The number of hydrogen-bond donors (Lipinski definition) is 2. The summed E-state index contributed by atoms with van der Waals surface area (Å²) in [6, 6.07) is 7.76. The van der Waals surface area contributed by atoms with E-state index in [9.17, 15) is 14.4 Å². The zero-order valence-electron chi connectivity index (χ0n) is 10.1. The van der Waals surface area contributed by atoms with Gasteiger partial charge in [0.25, 0.3) is 5.91 Å². The van der Waals surface area contributed by atoms with Crippen molar-refractivity contribution in [1.82, 2.24) is 10.9 Å². The molecule has 0 aromatic heterocycles. The number of amides is 2. The fourth-order valence-corrected chi connectivity index (χ4v) is 1.16. The molecule has 0 heterocycles. The first-order chi connectivity index (χ1) is 9.08. The lowest BCUT2D eigenvalue weighted by Crippen LogP contribution is -2.45. The average Bonchev–Trinajstić information content (AvgIpc) is 2.44. The molecule has 98 valence electrons. The van der Waals surface area contributed by atoms with Gasteiger partial charge in [-0.15, -0.1) is 0 Å². The number of hydrazine groups is 1. The molecule has 0 unspecified atom stereocenters. The molecule has 19 heavy (non-hydrogen) atoms. The van der Waals surface area contributed by atoms with E-state index in [0.29, 0.717) is 5.56 Å². The topological polar surface area (TPSA) is 108 Å². The van der Waals surface area contributed by atoms with Gasteiger partial charge in [0.05, 0.1) is 18.2 Å². The Labute approximate surface area is 109 Å². The maximum Gasteiger partial charge on any atom is 0.398 e. The highest BCUT2D eigenvalue weighted by Gasteiger charge is 2.15. The van der Waals surface area contributed by atoms with Crippen LogP contribution in [0, 0.1) is 11.3 Å². The molecule has 7 nitrogen and oxygen atoms in total. The molecule has 0 saturated heterocycles. The normalized spacial score (nSPS) is 9.05. The highest BCUT2D eigenvalue weighted by atomic mass is 16.5. The summed E-state index contributed by atoms with van der Waals surface area (Å²) < 4.78 is 4.43. The van der Waals surface area contributed by atoms with E-state index in [4.69, 9.17) is 5.26 Å². The van der Waals surface area contributed by atoms with E-state index in [1.165, 1.54) is 24.3 Å². The van der Waals surface area contributed by atoms with E-state index in [0.717, 1.165) is 0 Å². The van der Waals surface area contributed by atoms with E-state index in [1.807, 2.05) is 16.9 Å². The van der Waals surface area contributed by atoms with Crippen LogP contribution in [-0.4, -0.2) is 24.4 Å². The van der Waals surface area contributed by atoms with Crippen LogP contribution >= 0.6 is 0 Å². The van der Waals surface area contributed by atoms with Crippen molar-refractivity contribution in [2.75, 3.05) is 6.61 Å². The van der Waals surface area contributed by atoms with Gasteiger partial charge in [0.2, 0.25) is 0 Å². The molecule has 0 atom stereocenters. The first-order valence-electron chi connectivity index (χ1n) is 5.36. The van der Waals surface area contributed by atoms with Crippen molar-refractivity contribution in [1.29, 1.82) is 5.26 Å². The quantitative estimate of drug-likeness (QED) is 0.438. The van der Waals surface area contributed by atoms with E-state index in [1.54, 1.807) is 6.92 Å². The third kappa shape index (κ3) is 4.12. The molecule has 0 aliphatic rings. The molecular formula is C12H11N3O4. The lowest BCUT2D eigenvalue weighted by molar-refractivity contribution is -0.154. The minimum Gasteiger partial charge on any atom is -0.459 e. The number of carbonyl (C=O) groups is 3. The van der Waals surface area contributed by atoms with Crippen LogP contribution in [0.3, 0.4) is 0 Å². The van der Waals surface area contributed by atoms with Gasteiger partial charge < -0.3 is 4.74 Å². The minimum absolute atomic E-state index is 0.0599. The number of nitrogens with one attached hydrogen (secondary N) is 2. The number of nitriles is 1. The van der Waals surface area contributed by atoms with Crippen molar-refractivity contribution in [2.24, 2.45) is 0 Å². The van der Waals surface area contributed by atoms with Gasteiger partial charge in [0.1, 0.15) is 0 Å². The Kier molecular flexibility index (Phi) is 5.04. The first kappa shape index (κ1) is 14.2. The summed E-state index contributed by atoms with van der Waals surface area (Å²) >= 11 is 0. The molecule has 2 amide bonds. The summed E-state index contributed by atoms with van der Waals surface area (Å²) in [6.07, 6.45) is 0. The number of carbonyl (C=O) groups excluding carboxylic acids is 3. The van der Waals surface area contributed by atoms with Gasteiger partial charge in [-0.3, -0.25) is 20.4 Å². The number of esters is 1. The van der Waals surface area contributed by atoms with Gasteiger partial charge in [0.15, 0.2) is 0 Å². The monoisotopic (exact) mass is 261 g/mol. The van der Waals surface area contributed by atoms with Gasteiger partial charge in [-0.1, -0.05) is 6.07 Å². The molecule has 2 N–H and O–H groups in total. The van der Waals surface area contributed by atoms with Crippen molar-refractivity contribution >= 4 is 17.8 Å². The largest absolute Gasteiger partial charge is 0.459 e. The Balaban J connectivity index is 2.58. The summed E-state index contributed by atoms with van der Waals surface area (Å²) in [5.41, 5.74) is 4.44. The van der Waals surface area contributed by atoms with Gasteiger partial charge >= 0.3 is 11.9 Å². The summed E-state index contributed by atoms with van der Waals surface area (Å²) in [5, 5.41) is 8.68. The smallest absolute Gasteiger partial charge is 0.398 e. The van der Waals surface area contributed by atoms with Gasteiger partial charge in [-0.25, -0.2) is 4.79 Å². The van der Waals surface area contributed by atoms with E-state index >= 15 is 0 Å². The van der Waals surface area contributed by atoms with Crippen LogP contribution in [-0.2, 0) is 14.3 Å². The summed E-state index contributed by atoms with van der Waals surface area (Å²) in [6.45, 7) is 1.61. The highest BCUT2D eigenvalue weighted by molar-refractivity contribution is 6.32. The Morgan fingerprint density at radius 3 is 2.68 bits per heavy atom. The molecule has 0 aliphatic heterocycles. The van der Waals surface area contributed by atoms with Crippen LogP contribution in [0.25, 0.3) is 0 Å². The van der Waals surface area contributed by atoms with Crippen LogP contribution in [0.2, 0.25) is 0 Å². The van der Waals surface area contributed by atoms with E-state index in [2.05, 4.69) is 4.74 Å². The standard InChI is InChI=1S/C12H11N3O4/c1-2-19-12(18)11(17)15-14-10(16)9-5-3-4-8(6-9)7-13/h3-6H,2H2,1H3,(H,14,16)(H,15,17). The lowest BCUT2D eigenvalue weighted by Gasteiger charge is -2.06. The van der Waals surface area contributed by atoms with Crippen LogP contribution in [0.5, 0.6) is 0 Å². The fourth-order valence-electron chi connectivity index (χ4n) is 1.16. The predicted molar refractivity (Wildman–Crippen MR) is 63.4 cm³/mol. The Hall–Kier alpha value is -2.88. The SMILES string of the molecule is CCOC(=O)C(=O)NNC(=O)c1cccc(C#N)c1. The second kappa shape index (κ2) is 6.76. The van der Waals surface area contributed by atoms with Gasteiger partial charge in [-0.05, 0) is 25.1 Å². The van der Waals surface area contributed by atoms with Gasteiger partial charge in [0, 0.05) is 5.56 Å². The molecule has 1 aromatic carbocycles. The minimum atomic E-state index is -1.09. The predicted octanol–water partition coefficient (Wildman–Crippen LogP) is -0.118. The Morgan fingerprint density at radius 2 is 2.05 bits per heavy atom. The number of benzene rings is 1. The zero-order valence-corrected chi connectivity index (χ0v) is 10.1. The molecule has 0 fully saturated rings. The van der Waals surface area contributed by atoms with Crippen molar-refractivity contribution in [3.63, 3.8) is 0 Å². The van der Waals surface area contributed by atoms with Crippen molar-refractivity contribution in [3.05, 3.63) is 35.4 Å². The summed E-state index contributed by atoms with van der Waals surface area (Å²) in [7, 11) is 0. The van der Waals surface area contributed by atoms with Crippen LogP contribution in [0.4, 0.5) is 0 Å². The Bertz CT molecular complexity index is 548. The Morgan fingerprint density at radius 1 is 1.32 bits per heavy atom. The number of hydrogen-bond acceptors (Lipinski definition) is 5. The van der Waals surface area contributed by atoms with Crippen LogP contribution in [0.1, 0.15) is 22.8 Å². The maximum absolute atomic E-state index is 11.6. The molecule has 1 rings (SSSR count). The highest BCUT2D eigenvalue weighted by Crippen LogP contribution is 2.03. The fraction of sp³-hybridized carbons (Fsp3) is 0.167. The van der Waals surface area contributed by atoms with Crippen molar-refractivity contribution in [2.45, 2.75) is 6.92 Å². The van der Waals surface area contributed by atoms with Gasteiger partial charge in [-0.2, -0.15) is 5.26 Å². The third-order valence-electron chi connectivity index (χ3n) is 2.00. The van der Waals surface area contributed by atoms with E-state index in [-0.39, 0.29) is 12.2 Å². The third-order valence-corrected chi connectivity index (χ3v) is 2.00. The van der Waals surface area contributed by atoms with Crippen molar-refractivity contribution < 1.29 is 19.1 Å². The first-order valence-corrected chi connectivity index (χ1v) is 5.36. The van der Waals surface area contributed by atoms with Crippen LogP contribution in [0.15, 0.2) is 24.3 Å². The molecular weight excluding hydrogens is 250 g/mol. The second-order valence-electron chi connectivity index (χ2n) is 3.32. The molecule has 0 saturated carbocycles. The zero-order chi connectivity index (χ0) is 14.3. The average molecular weight is 261 g/mol. The lowest BCUT2D eigenvalue weighted by atomic mass is 10.1. The molecule has 0 aliphatic carbocycles. The molecule has 1 aromatic rings. The van der Waals surface area contributed by atoms with Crippen molar-refractivity contribution in [3.8, 4) is 6.07 Å². The van der Waals surface area contributed by atoms with Crippen LogP contribution < -0.4 is 10.9 Å². The molecule has 7 heteroatoms. The molecule has 0 radical (unpaired) electrons. The summed E-state index contributed by atoms with van der Waals surface area (Å²) in [5.74, 6) is -2.81. The second-order valence-corrected chi connectivity index (χ2v) is 3.32. The summed E-state index contributed by atoms with van der Waals surface area (Å²) in [4.78, 5) is 33.7. The molecule has 0 bridgehead atoms. The number of rotatable bonds is 2.